The molecule has 0 aliphatic rings. The first-order valence-electron chi connectivity index (χ1n) is 6.51. The van der Waals surface area contributed by atoms with Crippen LogP contribution in [0.2, 0.25) is 5.02 Å². The molecule has 0 radical (unpaired) electrons. The minimum absolute atomic E-state index is 0.447. The van der Waals surface area contributed by atoms with E-state index in [2.05, 4.69) is 13.8 Å². The van der Waals surface area contributed by atoms with E-state index in [1.54, 1.807) is 0 Å². The molecule has 2 aromatic rings. The number of hydrogen-bond donors (Lipinski definition) is 1. The standard InChI is InChI=1S/C16H19ClO2/c1-10(2)8-15(18)14-9-16(19-11(14)3)12-4-6-13(17)7-5-12/h4-7,9-10,15,18H,8H2,1-3H3. The van der Waals surface area contributed by atoms with Gasteiger partial charge in [-0.3, -0.25) is 0 Å². The molecule has 0 spiro atoms. The van der Waals surface area contributed by atoms with Crippen molar-refractivity contribution in [3.8, 4) is 11.3 Å². The summed E-state index contributed by atoms with van der Waals surface area (Å²) in [5, 5.41) is 10.9. The highest BCUT2D eigenvalue weighted by atomic mass is 35.5. The van der Waals surface area contributed by atoms with Gasteiger partial charge in [-0.1, -0.05) is 25.4 Å². The fourth-order valence-electron chi connectivity index (χ4n) is 2.16. The number of aryl methyl sites for hydroxylation is 1. The van der Waals surface area contributed by atoms with Gasteiger partial charge >= 0.3 is 0 Å². The minimum atomic E-state index is -0.468. The number of hydrogen-bond acceptors (Lipinski definition) is 2. The second-order valence-corrected chi connectivity index (χ2v) is 5.71. The van der Waals surface area contributed by atoms with E-state index in [1.807, 2.05) is 37.3 Å². The van der Waals surface area contributed by atoms with E-state index in [1.165, 1.54) is 0 Å². The van der Waals surface area contributed by atoms with Gasteiger partial charge in [0.25, 0.3) is 0 Å². The molecule has 0 aliphatic heterocycles. The molecule has 0 amide bonds. The van der Waals surface area contributed by atoms with Crippen molar-refractivity contribution in [3.63, 3.8) is 0 Å². The van der Waals surface area contributed by atoms with E-state index in [-0.39, 0.29) is 0 Å². The molecule has 1 heterocycles. The third-order valence-corrected chi connectivity index (χ3v) is 3.39. The minimum Gasteiger partial charge on any atom is -0.461 e. The highest BCUT2D eigenvalue weighted by molar-refractivity contribution is 6.30. The summed E-state index contributed by atoms with van der Waals surface area (Å²) in [5.74, 6) is 1.99. The molecule has 1 aromatic heterocycles. The Morgan fingerprint density at radius 2 is 1.84 bits per heavy atom. The van der Waals surface area contributed by atoms with Gasteiger partial charge in [0.15, 0.2) is 0 Å². The first kappa shape index (κ1) is 14.2. The van der Waals surface area contributed by atoms with E-state index >= 15 is 0 Å². The van der Waals surface area contributed by atoms with Crippen LogP contribution in [0.15, 0.2) is 34.7 Å². The van der Waals surface area contributed by atoms with Crippen LogP contribution in [-0.4, -0.2) is 5.11 Å². The number of rotatable bonds is 4. The van der Waals surface area contributed by atoms with E-state index in [0.717, 1.165) is 29.1 Å². The van der Waals surface area contributed by atoms with Crippen LogP contribution in [0.3, 0.4) is 0 Å². The Kier molecular flexibility index (Phi) is 4.33. The Bertz CT molecular complexity index is 540. The van der Waals surface area contributed by atoms with Crippen LogP contribution in [0, 0.1) is 12.8 Å². The molecule has 3 heteroatoms. The third-order valence-electron chi connectivity index (χ3n) is 3.14. The largest absolute Gasteiger partial charge is 0.461 e. The van der Waals surface area contributed by atoms with Gasteiger partial charge in [0, 0.05) is 16.1 Å². The highest BCUT2D eigenvalue weighted by Crippen LogP contribution is 2.32. The van der Waals surface area contributed by atoms with Gasteiger partial charge in [0.05, 0.1) is 6.10 Å². The van der Waals surface area contributed by atoms with E-state index in [4.69, 9.17) is 16.0 Å². The van der Waals surface area contributed by atoms with Crippen molar-refractivity contribution in [1.82, 2.24) is 0 Å². The van der Waals surface area contributed by atoms with Crippen LogP contribution in [0.25, 0.3) is 11.3 Å². The van der Waals surface area contributed by atoms with Crippen LogP contribution in [0.5, 0.6) is 0 Å². The Labute approximate surface area is 119 Å². The van der Waals surface area contributed by atoms with Crippen LogP contribution < -0.4 is 0 Å². The summed E-state index contributed by atoms with van der Waals surface area (Å²) in [7, 11) is 0. The average Bonchev–Trinajstić information content (AvgIpc) is 2.71. The Morgan fingerprint density at radius 3 is 2.42 bits per heavy atom. The van der Waals surface area contributed by atoms with Gasteiger partial charge in [-0.05, 0) is 49.6 Å². The highest BCUT2D eigenvalue weighted by Gasteiger charge is 2.17. The van der Waals surface area contributed by atoms with Gasteiger partial charge < -0.3 is 9.52 Å². The lowest BCUT2D eigenvalue weighted by molar-refractivity contribution is 0.149. The van der Waals surface area contributed by atoms with Gasteiger partial charge in [-0.2, -0.15) is 0 Å². The lowest BCUT2D eigenvalue weighted by atomic mass is 9.99. The predicted molar refractivity (Wildman–Crippen MR) is 78.3 cm³/mol. The van der Waals surface area contributed by atoms with Gasteiger partial charge in [0.2, 0.25) is 0 Å². The molecule has 0 saturated carbocycles. The lowest BCUT2D eigenvalue weighted by Gasteiger charge is -2.11. The molecular weight excluding hydrogens is 260 g/mol. The summed E-state index contributed by atoms with van der Waals surface area (Å²) in [4.78, 5) is 0. The number of aliphatic hydroxyl groups excluding tert-OH is 1. The predicted octanol–water partition coefficient (Wildman–Crippen LogP) is 4.99. The lowest BCUT2D eigenvalue weighted by Crippen LogP contribution is -2.01. The van der Waals surface area contributed by atoms with Crippen molar-refractivity contribution in [2.24, 2.45) is 5.92 Å². The first-order valence-corrected chi connectivity index (χ1v) is 6.89. The third kappa shape index (κ3) is 3.40. The van der Waals surface area contributed by atoms with Crippen LogP contribution in [-0.2, 0) is 0 Å². The van der Waals surface area contributed by atoms with Crippen molar-refractivity contribution in [2.45, 2.75) is 33.3 Å². The van der Waals surface area contributed by atoms with Crippen molar-refractivity contribution >= 4 is 11.6 Å². The summed E-state index contributed by atoms with van der Waals surface area (Å²) in [6, 6.07) is 9.42. The van der Waals surface area contributed by atoms with Crippen molar-refractivity contribution in [2.75, 3.05) is 0 Å². The second kappa shape index (κ2) is 5.81. The molecule has 102 valence electrons. The quantitative estimate of drug-likeness (QED) is 0.855. The number of furan rings is 1. The SMILES string of the molecule is Cc1oc(-c2ccc(Cl)cc2)cc1C(O)CC(C)C. The molecule has 2 nitrogen and oxygen atoms in total. The summed E-state index contributed by atoms with van der Waals surface area (Å²) in [5.41, 5.74) is 1.84. The average molecular weight is 279 g/mol. The molecule has 1 N–H and O–H groups in total. The molecule has 2 rings (SSSR count). The maximum atomic E-state index is 10.2. The van der Waals surface area contributed by atoms with Crippen LogP contribution in [0.4, 0.5) is 0 Å². The number of benzene rings is 1. The first-order chi connectivity index (χ1) is 8.97. The van der Waals surface area contributed by atoms with Crippen molar-refractivity contribution < 1.29 is 9.52 Å². The Hall–Kier alpha value is -1.25. The summed E-state index contributed by atoms with van der Waals surface area (Å²) in [6.45, 7) is 6.08. The normalized spacial score (nSPS) is 12.9. The molecule has 0 saturated heterocycles. The Balaban J connectivity index is 2.28. The number of aliphatic hydroxyl groups is 1. The maximum absolute atomic E-state index is 10.2. The fraction of sp³-hybridized carbons (Fsp3) is 0.375. The molecule has 0 aliphatic carbocycles. The molecule has 1 unspecified atom stereocenters. The zero-order valence-corrected chi connectivity index (χ0v) is 12.2. The molecule has 0 bridgehead atoms. The molecule has 19 heavy (non-hydrogen) atoms. The van der Waals surface area contributed by atoms with Gasteiger partial charge in [-0.25, -0.2) is 0 Å². The molecular formula is C16H19ClO2. The van der Waals surface area contributed by atoms with E-state index < -0.39 is 6.10 Å². The monoisotopic (exact) mass is 278 g/mol. The smallest absolute Gasteiger partial charge is 0.134 e. The van der Waals surface area contributed by atoms with Crippen LogP contribution >= 0.6 is 11.6 Å². The molecule has 0 fully saturated rings. The van der Waals surface area contributed by atoms with E-state index in [0.29, 0.717) is 10.9 Å². The van der Waals surface area contributed by atoms with Gasteiger partial charge in [-0.15, -0.1) is 0 Å². The summed E-state index contributed by atoms with van der Waals surface area (Å²) >= 11 is 5.87. The maximum Gasteiger partial charge on any atom is 0.134 e. The molecule has 1 atom stereocenters. The van der Waals surface area contributed by atoms with Crippen molar-refractivity contribution in [1.29, 1.82) is 0 Å². The second-order valence-electron chi connectivity index (χ2n) is 5.27. The van der Waals surface area contributed by atoms with Crippen LogP contribution in [0.1, 0.15) is 37.7 Å². The topological polar surface area (TPSA) is 33.4 Å². The fourth-order valence-corrected chi connectivity index (χ4v) is 2.28. The zero-order chi connectivity index (χ0) is 14.0. The summed E-state index contributed by atoms with van der Waals surface area (Å²) in [6.07, 6.45) is 0.269. The van der Waals surface area contributed by atoms with Gasteiger partial charge in [0.1, 0.15) is 11.5 Å². The van der Waals surface area contributed by atoms with Crippen molar-refractivity contribution in [3.05, 3.63) is 46.7 Å². The zero-order valence-electron chi connectivity index (χ0n) is 11.5. The summed E-state index contributed by atoms with van der Waals surface area (Å²) < 4.78 is 5.74. The Morgan fingerprint density at radius 1 is 1.21 bits per heavy atom. The van der Waals surface area contributed by atoms with E-state index in [9.17, 15) is 5.11 Å². The molecule has 1 aromatic carbocycles. The number of halogens is 1.